The van der Waals surface area contributed by atoms with Gasteiger partial charge in [-0.2, -0.15) is 0 Å². The maximum atomic E-state index is 13.0. The minimum absolute atomic E-state index is 0.0249. The number of nitrogens with zero attached hydrogens (tertiary/aromatic N) is 3. The van der Waals surface area contributed by atoms with Gasteiger partial charge in [-0.15, -0.1) is 11.3 Å². The van der Waals surface area contributed by atoms with Crippen molar-refractivity contribution in [2.24, 2.45) is 0 Å². The Labute approximate surface area is 172 Å². The fourth-order valence-corrected chi connectivity index (χ4v) is 4.35. The lowest BCUT2D eigenvalue weighted by Gasteiger charge is -2.27. The molecule has 4 rings (SSSR count). The number of carbonyl (C=O) groups excluding carboxylic acids is 1. The number of anilines is 1. The smallest absolute Gasteiger partial charge is 0.262 e. The molecule has 29 heavy (non-hydrogen) atoms. The number of carbonyl (C=O) groups is 1. The monoisotopic (exact) mass is 403 g/mol. The molecule has 0 aliphatic rings. The lowest BCUT2D eigenvalue weighted by atomic mass is 10.2. The molecule has 0 aliphatic carbocycles. The van der Waals surface area contributed by atoms with E-state index in [1.165, 1.54) is 22.2 Å². The van der Waals surface area contributed by atoms with Crippen molar-refractivity contribution < 1.29 is 4.79 Å². The summed E-state index contributed by atoms with van der Waals surface area (Å²) in [6.45, 7) is 3.87. The van der Waals surface area contributed by atoms with Crippen LogP contribution in [0.1, 0.15) is 13.8 Å². The van der Waals surface area contributed by atoms with Crippen molar-refractivity contribution in [3.8, 4) is 10.4 Å². The second kappa shape index (κ2) is 8.01. The van der Waals surface area contributed by atoms with E-state index < -0.39 is 0 Å². The van der Waals surface area contributed by atoms with Gasteiger partial charge in [-0.3, -0.25) is 14.2 Å². The SMILES string of the molecule is CC(C)N(C(=O)Cn1cnc2sc(-c3ccccc3)cc2c1=O)c1ccccc1. The summed E-state index contributed by atoms with van der Waals surface area (Å²) < 4.78 is 1.39. The zero-order valence-electron chi connectivity index (χ0n) is 16.3. The highest BCUT2D eigenvalue weighted by molar-refractivity contribution is 7.21. The molecule has 2 aromatic heterocycles. The molecule has 0 saturated heterocycles. The predicted octanol–water partition coefficient (Wildman–Crippen LogP) is 4.57. The first kappa shape index (κ1) is 19.1. The molecule has 0 atom stereocenters. The normalized spacial score (nSPS) is 11.1. The number of thiophene rings is 1. The summed E-state index contributed by atoms with van der Waals surface area (Å²) >= 11 is 1.48. The third-order valence-electron chi connectivity index (χ3n) is 4.70. The first-order chi connectivity index (χ1) is 14.0. The van der Waals surface area contributed by atoms with E-state index >= 15 is 0 Å². The number of hydrogen-bond acceptors (Lipinski definition) is 4. The number of benzene rings is 2. The summed E-state index contributed by atoms with van der Waals surface area (Å²) in [6.07, 6.45) is 1.47. The van der Waals surface area contributed by atoms with Crippen molar-refractivity contribution in [2.45, 2.75) is 26.4 Å². The maximum absolute atomic E-state index is 13.0. The second-order valence-corrected chi connectivity index (χ2v) is 8.10. The van der Waals surface area contributed by atoms with Crippen LogP contribution in [-0.4, -0.2) is 21.5 Å². The van der Waals surface area contributed by atoms with Gasteiger partial charge in [0.2, 0.25) is 5.91 Å². The minimum Gasteiger partial charge on any atom is -0.308 e. The molecule has 0 unspecified atom stereocenters. The Hall–Kier alpha value is -3.25. The average Bonchev–Trinajstić information content (AvgIpc) is 3.17. The molecule has 4 aromatic rings. The van der Waals surface area contributed by atoms with E-state index in [1.807, 2.05) is 80.6 Å². The molecule has 0 aliphatic heterocycles. The van der Waals surface area contributed by atoms with Crippen LogP contribution in [0.25, 0.3) is 20.7 Å². The highest BCUT2D eigenvalue weighted by Crippen LogP contribution is 2.30. The molecule has 5 nitrogen and oxygen atoms in total. The fourth-order valence-electron chi connectivity index (χ4n) is 3.36. The number of para-hydroxylation sites is 1. The summed E-state index contributed by atoms with van der Waals surface area (Å²) in [5, 5.41) is 0.542. The first-order valence-electron chi connectivity index (χ1n) is 9.46. The molecule has 0 bridgehead atoms. The third kappa shape index (κ3) is 3.84. The Morgan fingerprint density at radius 3 is 2.38 bits per heavy atom. The Kier molecular flexibility index (Phi) is 5.27. The molecular formula is C23H21N3O2S. The van der Waals surface area contributed by atoms with Gasteiger partial charge in [-0.1, -0.05) is 48.5 Å². The molecule has 0 saturated carbocycles. The number of hydrogen-bond donors (Lipinski definition) is 0. The van der Waals surface area contributed by atoms with Gasteiger partial charge in [0.05, 0.1) is 11.7 Å². The number of aromatic nitrogens is 2. The number of amides is 1. The quantitative estimate of drug-likeness (QED) is 0.491. The molecule has 2 aromatic carbocycles. The van der Waals surface area contributed by atoms with E-state index in [1.54, 1.807) is 4.90 Å². The van der Waals surface area contributed by atoms with E-state index in [-0.39, 0.29) is 24.1 Å². The molecule has 146 valence electrons. The van der Waals surface area contributed by atoms with Crippen LogP contribution in [0, 0.1) is 0 Å². The molecule has 6 heteroatoms. The molecule has 0 spiro atoms. The minimum atomic E-state index is -0.196. The van der Waals surface area contributed by atoms with Gasteiger partial charge in [-0.05, 0) is 37.6 Å². The van der Waals surface area contributed by atoms with Gasteiger partial charge in [0.25, 0.3) is 5.56 Å². The Morgan fingerprint density at radius 1 is 1.07 bits per heavy atom. The summed E-state index contributed by atoms with van der Waals surface area (Å²) in [7, 11) is 0. The summed E-state index contributed by atoms with van der Waals surface area (Å²) in [6, 6.07) is 21.2. The summed E-state index contributed by atoms with van der Waals surface area (Å²) in [5.41, 5.74) is 1.67. The van der Waals surface area contributed by atoms with Crippen molar-refractivity contribution in [1.82, 2.24) is 9.55 Å². The number of rotatable bonds is 5. The van der Waals surface area contributed by atoms with Crippen LogP contribution in [0.5, 0.6) is 0 Å². The summed E-state index contributed by atoms with van der Waals surface area (Å²) in [5.74, 6) is -0.145. The van der Waals surface area contributed by atoms with Gasteiger partial charge in [-0.25, -0.2) is 4.98 Å². The molecule has 0 fully saturated rings. The van der Waals surface area contributed by atoms with E-state index in [0.717, 1.165) is 16.1 Å². The second-order valence-electron chi connectivity index (χ2n) is 7.07. The molecule has 0 N–H and O–H groups in total. The van der Waals surface area contributed by atoms with Crippen LogP contribution in [0.4, 0.5) is 5.69 Å². The van der Waals surface area contributed by atoms with Crippen molar-refractivity contribution in [3.63, 3.8) is 0 Å². The lowest BCUT2D eigenvalue weighted by molar-refractivity contribution is -0.119. The van der Waals surface area contributed by atoms with E-state index in [9.17, 15) is 9.59 Å². The van der Waals surface area contributed by atoms with Crippen LogP contribution in [0.15, 0.2) is 77.9 Å². The zero-order chi connectivity index (χ0) is 20.4. The van der Waals surface area contributed by atoms with Crippen molar-refractivity contribution in [2.75, 3.05) is 4.90 Å². The highest BCUT2D eigenvalue weighted by Gasteiger charge is 2.20. The van der Waals surface area contributed by atoms with Gasteiger partial charge in [0, 0.05) is 16.6 Å². The highest BCUT2D eigenvalue weighted by atomic mass is 32.1. The molecule has 0 radical (unpaired) electrons. The van der Waals surface area contributed by atoms with Gasteiger partial charge >= 0.3 is 0 Å². The standard InChI is InChI=1S/C23H21N3O2S/c1-16(2)26(18-11-7-4-8-12-18)21(27)14-25-15-24-22-19(23(25)28)13-20(29-22)17-9-5-3-6-10-17/h3-13,15-16H,14H2,1-2H3. The van der Waals surface area contributed by atoms with Crippen LogP contribution in [-0.2, 0) is 11.3 Å². The molecule has 2 heterocycles. The van der Waals surface area contributed by atoms with Crippen molar-refractivity contribution in [3.05, 3.63) is 83.4 Å². The van der Waals surface area contributed by atoms with Crippen LogP contribution in [0.3, 0.4) is 0 Å². The van der Waals surface area contributed by atoms with E-state index in [4.69, 9.17) is 0 Å². The third-order valence-corrected chi connectivity index (χ3v) is 5.79. The lowest BCUT2D eigenvalue weighted by Crippen LogP contribution is -2.41. The molecular weight excluding hydrogens is 382 g/mol. The van der Waals surface area contributed by atoms with Gasteiger partial charge in [0.1, 0.15) is 11.4 Å². The Morgan fingerprint density at radius 2 is 1.72 bits per heavy atom. The van der Waals surface area contributed by atoms with Crippen LogP contribution < -0.4 is 10.5 Å². The first-order valence-corrected chi connectivity index (χ1v) is 10.3. The largest absolute Gasteiger partial charge is 0.308 e. The number of fused-ring (bicyclic) bond motifs is 1. The van der Waals surface area contributed by atoms with Crippen molar-refractivity contribution >= 4 is 33.1 Å². The maximum Gasteiger partial charge on any atom is 0.262 e. The van der Waals surface area contributed by atoms with Gasteiger partial charge < -0.3 is 4.90 Å². The predicted molar refractivity (Wildman–Crippen MR) is 118 cm³/mol. The van der Waals surface area contributed by atoms with Crippen LogP contribution >= 0.6 is 11.3 Å². The average molecular weight is 404 g/mol. The topological polar surface area (TPSA) is 55.2 Å². The fraction of sp³-hybridized carbons (Fsp3) is 0.174. The van der Waals surface area contributed by atoms with Gasteiger partial charge in [0.15, 0.2) is 0 Å². The van der Waals surface area contributed by atoms with Crippen molar-refractivity contribution in [1.29, 1.82) is 0 Å². The molecule has 1 amide bonds. The van der Waals surface area contributed by atoms with Crippen LogP contribution in [0.2, 0.25) is 0 Å². The zero-order valence-corrected chi connectivity index (χ0v) is 17.1. The summed E-state index contributed by atoms with van der Waals surface area (Å²) in [4.78, 5) is 33.8. The van der Waals surface area contributed by atoms with E-state index in [0.29, 0.717) is 10.2 Å². The Bertz CT molecular complexity index is 1200. The van der Waals surface area contributed by atoms with E-state index in [2.05, 4.69) is 4.98 Å². The Balaban J connectivity index is 1.66.